The Morgan fingerprint density at radius 1 is 0.129 bits per heavy atom. The van der Waals surface area contributed by atoms with Crippen molar-refractivity contribution in [3.63, 3.8) is 0 Å². The van der Waals surface area contributed by atoms with E-state index in [0.29, 0.717) is 0 Å². The van der Waals surface area contributed by atoms with E-state index >= 15 is 0 Å². The summed E-state index contributed by atoms with van der Waals surface area (Å²) < 4.78 is 0. The van der Waals surface area contributed by atoms with Gasteiger partial charge < -0.3 is 0 Å². The van der Waals surface area contributed by atoms with E-state index in [0.717, 1.165) is 0 Å². The van der Waals surface area contributed by atoms with Gasteiger partial charge in [0, 0.05) is 0 Å². The summed E-state index contributed by atoms with van der Waals surface area (Å²) in [5.41, 5.74) is 13.6. The molecule has 0 heterocycles. The second kappa shape index (κ2) is 142. The fourth-order valence-corrected chi connectivity index (χ4v) is 6.26. The molecule has 8 aromatic rings. The molecular weight excluding hydrogens is 1120 g/mol. The number of hydrogen-bond acceptors (Lipinski definition) is 0. The Kier molecular flexibility index (Phi) is 194. The van der Waals surface area contributed by atoms with Gasteiger partial charge in [-0.3, -0.25) is 0 Å². The van der Waals surface area contributed by atoms with Gasteiger partial charge in [-0.05, 0) is 69.5 Å². The molecule has 0 aromatic heterocycles. The van der Waals surface area contributed by atoms with E-state index in [-0.39, 0.29) is 7.43 Å². The maximum Gasteiger partial charge on any atom is -0.00991 e. The smallest absolute Gasteiger partial charge is 0.00991 e. The first-order chi connectivity index (χ1) is 45.8. The lowest BCUT2D eigenvalue weighted by atomic mass is 10.0. The predicted molar refractivity (Wildman–Crippen MR) is 457 cm³/mol. The molecule has 8 aromatic carbocycles. The quantitative estimate of drug-likeness (QED) is 0.142. The molecule has 0 fully saturated rings. The van der Waals surface area contributed by atoms with E-state index in [1.165, 1.54) is 55.7 Å². The summed E-state index contributed by atoms with van der Waals surface area (Å²) in [4.78, 5) is 0. The molecule has 0 aliphatic heterocycles. The van der Waals surface area contributed by atoms with Gasteiger partial charge in [0.15, 0.2) is 0 Å². The Hall–Kier alpha value is -6.76. The van der Waals surface area contributed by atoms with E-state index < -0.39 is 0 Å². The number of fused-ring (bicyclic) bond motifs is 6. The molecule has 2 aliphatic rings. The summed E-state index contributed by atoms with van der Waals surface area (Å²) in [5, 5.41) is 0. The Balaban J connectivity index is -0.0000000506. The van der Waals surface area contributed by atoms with Crippen LogP contribution in [0.25, 0.3) is 33.4 Å². The van der Waals surface area contributed by atoms with E-state index in [4.69, 9.17) is 0 Å². The molecular formula is C93H166. The molecule has 0 saturated carbocycles. The molecule has 2 aliphatic carbocycles. The highest BCUT2D eigenvalue weighted by Crippen LogP contribution is 2.44. The van der Waals surface area contributed by atoms with Crippen LogP contribution in [0.2, 0.25) is 0 Å². The maximum atomic E-state index is 2.20. The minimum Gasteiger partial charge on any atom is -0.0791 e. The topological polar surface area (TPSA) is 0 Å². The molecule has 0 unspecified atom stereocenters. The molecule has 0 heteroatoms. The van der Waals surface area contributed by atoms with Gasteiger partial charge in [0.05, 0.1) is 0 Å². The average Bonchev–Trinajstić information content (AvgIpc) is 1.65. The van der Waals surface area contributed by atoms with E-state index in [1.54, 1.807) is 0 Å². The minimum absolute atomic E-state index is 0. The largest absolute Gasteiger partial charge is 0.0791 e. The predicted octanol–water partition coefficient (Wildman–Crippen LogP) is 35.1. The van der Waals surface area contributed by atoms with Crippen molar-refractivity contribution in [2.24, 2.45) is 0 Å². The van der Waals surface area contributed by atoms with E-state index in [2.05, 4.69) is 123 Å². The summed E-state index contributed by atoms with van der Waals surface area (Å²) in [5.74, 6) is 0. The van der Waals surface area contributed by atoms with Gasteiger partial charge in [-0.25, -0.2) is 0 Å². The Morgan fingerprint density at radius 3 is 0.280 bits per heavy atom. The summed E-state index contributed by atoms with van der Waals surface area (Å²) in [6.45, 7) is 80.2. The second-order valence-corrected chi connectivity index (χ2v) is 12.2. The molecule has 0 nitrogen and oxygen atoms in total. The van der Waals surface area contributed by atoms with Gasteiger partial charge in [-0.2, -0.15) is 0 Å². The van der Waals surface area contributed by atoms with E-state index in [1.807, 2.05) is 409 Å². The molecule has 0 radical (unpaired) electrons. The first kappa shape index (κ1) is 127. The monoisotopic (exact) mass is 1280 g/mol. The second-order valence-electron chi connectivity index (χ2n) is 12.2. The molecule has 93 heavy (non-hydrogen) atoms. The molecule has 538 valence electrons. The van der Waals surface area contributed by atoms with Crippen LogP contribution < -0.4 is 0 Å². The molecule has 0 bridgehead atoms. The normalized spacial score (nSPS) is 7.23. The lowest BCUT2D eigenvalue weighted by molar-refractivity contribution is 1.50. The third kappa shape index (κ3) is 74.2. The van der Waals surface area contributed by atoms with Gasteiger partial charge in [-0.15, -0.1) is 0 Å². The standard InChI is InChI=1S/2C15H12.4C6H6.19C2H6.CH4/c2*1-2-11-12-7-3-5-9-14(12)15-10-6-4-8-13(11)15;4*1-2-4-6-5-3-1;19*1-2;/h2*2-10H,1H3;4*1-6H;19*1-2H3;1H4. The number of hydrogen-bond donors (Lipinski definition) is 0. The summed E-state index contributed by atoms with van der Waals surface area (Å²) in [6.07, 6.45) is 4.40. The third-order valence-electron chi connectivity index (χ3n) is 8.69. The fourth-order valence-electron chi connectivity index (χ4n) is 6.26. The van der Waals surface area contributed by atoms with Crippen LogP contribution in [0.1, 0.15) is 307 Å². The van der Waals surface area contributed by atoms with Gasteiger partial charge >= 0.3 is 0 Å². The van der Waals surface area contributed by atoms with Crippen molar-refractivity contribution in [3.8, 4) is 22.3 Å². The van der Waals surface area contributed by atoms with Crippen LogP contribution in [0, 0.1) is 0 Å². The van der Waals surface area contributed by atoms with Crippen LogP contribution in [-0.4, -0.2) is 0 Å². The Labute approximate surface area is 591 Å². The van der Waals surface area contributed by atoms with E-state index in [9.17, 15) is 0 Å². The van der Waals surface area contributed by atoms with Crippen LogP contribution in [0.15, 0.2) is 255 Å². The van der Waals surface area contributed by atoms with Crippen LogP contribution in [0.5, 0.6) is 0 Å². The molecule has 0 atom stereocenters. The van der Waals surface area contributed by atoms with Crippen molar-refractivity contribution < 1.29 is 0 Å². The molecule has 10 rings (SSSR count). The third-order valence-corrected chi connectivity index (χ3v) is 8.69. The molecule has 0 amide bonds. The van der Waals surface area contributed by atoms with Crippen molar-refractivity contribution in [2.75, 3.05) is 0 Å². The van der Waals surface area contributed by atoms with Gasteiger partial charge in [-0.1, -0.05) is 525 Å². The highest BCUT2D eigenvalue weighted by Gasteiger charge is 2.22. The zero-order valence-corrected chi connectivity index (χ0v) is 69.2. The first-order valence-electron chi connectivity index (χ1n) is 37.5. The van der Waals surface area contributed by atoms with Crippen molar-refractivity contribution in [3.05, 3.63) is 277 Å². The zero-order valence-electron chi connectivity index (χ0n) is 69.2. The first-order valence-corrected chi connectivity index (χ1v) is 37.5. The maximum absolute atomic E-state index is 2.20. The molecule has 0 N–H and O–H groups in total. The van der Waals surface area contributed by atoms with Crippen molar-refractivity contribution in [1.29, 1.82) is 0 Å². The number of allylic oxidation sites excluding steroid dienone is 2. The minimum atomic E-state index is 0. The highest BCUT2D eigenvalue weighted by molar-refractivity contribution is 6.01. The molecule has 0 saturated heterocycles. The van der Waals surface area contributed by atoms with Crippen molar-refractivity contribution in [2.45, 2.75) is 284 Å². The zero-order chi connectivity index (χ0) is 75.5. The van der Waals surface area contributed by atoms with Crippen molar-refractivity contribution in [1.82, 2.24) is 0 Å². The van der Waals surface area contributed by atoms with Gasteiger partial charge in [0.2, 0.25) is 0 Å². The van der Waals surface area contributed by atoms with Crippen molar-refractivity contribution >= 4 is 11.1 Å². The lowest BCUT2D eigenvalue weighted by Gasteiger charge is -1.99. The Bertz CT molecular complexity index is 1830. The van der Waals surface area contributed by atoms with Gasteiger partial charge in [0.1, 0.15) is 0 Å². The highest BCUT2D eigenvalue weighted by atomic mass is 14.2. The molecule has 0 spiro atoms. The Morgan fingerprint density at radius 2 is 0.204 bits per heavy atom. The van der Waals surface area contributed by atoms with Crippen LogP contribution in [0.3, 0.4) is 0 Å². The summed E-state index contributed by atoms with van der Waals surface area (Å²) in [6, 6.07) is 82.4. The fraction of sp³-hybridized carbons (Fsp3) is 0.441. The van der Waals surface area contributed by atoms with Crippen LogP contribution in [-0.2, 0) is 0 Å². The van der Waals surface area contributed by atoms with Crippen LogP contribution in [0.4, 0.5) is 0 Å². The average molecular weight is 1280 g/mol. The number of benzene rings is 8. The summed E-state index contributed by atoms with van der Waals surface area (Å²) in [7, 11) is 0. The van der Waals surface area contributed by atoms with Crippen LogP contribution >= 0.6 is 0 Å². The SMILES string of the molecule is C.CC.CC.CC.CC.CC.CC.CC.CC.CC.CC.CC.CC.CC.CC.CC.CC.CC.CC.CC.CC=C1c2ccccc2-c2ccccc21.CC=C1c2ccccc2-c2ccccc21.c1ccccc1.c1ccccc1.c1ccccc1.c1ccccc1. The lowest BCUT2D eigenvalue weighted by Crippen LogP contribution is -1.78. The number of rotatable bonds is 0. The van der Waals surface area contributed by atoms with Gasteiger partial charge in [0.25, 0.3) is 0 Å². The summed E-state index contributed by atoms with van der Waals surface area (Å²) >= 11 is 0.